The fourth-order valence-electron chi connectivity index (χ4n) is 3.16. The predicted molar refractivity (Wildman–Crippen MR) is 96.3 cm³/mol. The number of furan rings is 1. The summed E-state index contributed by atoms with van der Waals surface area (Å²) in [7, 11) is 0. The molecule has 4 nitrogen and oxygen atoms in total. The van der Waals surface area contributed by atoms with Crippen LogP contribution in [-0.4, -0.2) is 23.9 Å². The lowest BCUT2D eigenvalue weighted by atomic mass is 9.98. The first-order valence-electron chi connectivity index (χ1n) is 7.94. The lowest BCUT2D eigenvalue weighted by molar-refractivity contribution is -0.123. The summed E-state index contributed by atoms with van der Waals surface area (Å²) in [6.45, 7) is 1.75. The largest absolute Gasteiger partial charge is 0.467 e. The molecule has 0 aliphatic carbocycles. The van der Waals surface area contributed by atoms with Gasteiger partial charge in [-0.1, -0.05) is 6.07 Å². The molecule has 0 fully saturated rings. The van der Waals surface area contributed by atoms with Crippen LogP contribution in [0.3, 0.4) is 0 Å². The Kier molecular flexibility index (Phi) is 4.51. The van der Waals surface area contributed by atoms with Crippen molar-refractivity contribution in [3.8, 4) is 0 Å². The van der Waals surface area contributed by atoms with E-state index in [1.807, 2.05) is 23.5 Å². The predicted octanol–water partition coefficient (Wildman–Crippen LogP) is 3.67. The van der Waals surface area contributed by atoms with Crippen molar-refractivity contribution in [2.24, 2.45) is 0 Å². The number of rotatable bonds is 5. The Morgan fingerprint density at radius 3 is 3.00 bits per heavy atom. The molecule has 4 heterocycles. The van der Waals surface area contributed by atoms with Crippen LogP contribution in [0.25, 0.3) is 0 Å². The fraction of sp³-hybridized carbons (Fsp3) is 0.278. The van der Waals surface area contributed by atoms with E-state index < -0.39 is 0 Å². The first kappa shape index (κ1) is 15.6. The highest BCUT2D eigenvalue weighted by Gasteiger charge is 2.31. The lowest BCUT2D eigenvalue weighted by Crippen LogP contribution is -2.42. The molecule has 124 valence electrons. The second-order valence-corrected chi connectivity index (χ2v) is 7.77. The smallest absolute Gasteiger partial charge is 0.234 e. The maximum absolute atomic E-state index is 12.4. The molecule has 1 N–H and O–H groups in total. The number of hydrogen-bond acceptors (Lipinski definition) is 5. The number of fused-ring (bicyclic) bond motifs is 1. The van der Waals surface area contributed by atoms with Crippen molar-refractivity contribution in [1.29, 1.82) is 0 Å². The van der Waals surface area contributed by atoms with Crippen molar-refractivity contribution < 1.29 is 9.21 Å². The van der Waals surface area contributed by atoms with Crippen LogP contribution in [0.1, 0.15) is 27.1 Å². The molecule has 0 bridgehead atoms. The summed E-state index contributed by atoms with van der Waals surface area (Å²) >= 11 is 3.58. The first-order valence-corrected chi connectivity index (χ1v) is 9.70. The maximum atomic E-state index is 12.4. The summed E-state index contributed by atoms with van der Waals surface area (Å²) in [4.78, 5) is 17.4. The third-order valence-electron chi connectivity index (χ3n) is 4.26. The van der Waals surface area contributed by atoms with Crippen LogP contribution in [0.4, 0.5) is 0 Å². The van der Waals surface area contributed by atoms with Gasteiger partial charge in [-0.3, -0.25) is 9.69 Å². The average Bonchev–Trinajstić information content (AvgIpc) is 3.33. The quantitative estimate of drug-likeness (QED) is 0.757. The molecule has 0 saturated heterocycles. The SMILES string of the molecule is O=C(CN1CCc2sccc2[C@H]1c1cccs1)NCc1ccco1. The molecule has 1 atom stereocenters. The third-order valence-corrected chi connectivity index (χ3v) is 6.19. The molecule has 3 aromatic rings. The first-order chi connectivity index (χ1) is 11.8. The van der Waals surface area contributed by atoms with Crippen LogP contribution in [0.2, 0.25) is 0 Å². The van der Waals surface area contributed by atoms with Crippen molar-refractivity contribution in [2.75, 3.05) is 13.1 Å². The highest BCUT2D eigenvalue weighted by molar-refractivity contribution is 7.10. The summed E-state index contributed by atoms with van der Waals surface area (Å²) in [5.41, 5.74) is 1.35. The number of hydrogen-bond donors (Lipinski definition) is 1. The Labute approximate surface area is 148 Å². The molecule has 0 saturated carbocycles. The highest BCUT2D eigenvalue weighted by atomic mass is 32.1. The average molecular weight is 358 g/mol. The Morgan fingerprint density at radius 2 is 2.21 bits per heavy atom. The van der Waals surface area contributed by atoms with E-state index >= 15 is 0 Å². The Hall–Kier alpha value is -1.89. The van der Waals surface area contributed by atoms with Crippen LogP contribution >= 0.6 is 22.7 Å². The second kappa shape index (κ2) is 6.93. The molecular weight excluding hydrogens is 340 g/mol. The Bertz CT molecular complexity index is 793. The molecule has 0 aromatic carbocycles. The fourth-order valence-corrected chi connectivity index (χ4v) is 4.94. The van der Waals surface area contributed by atoms with E-state index in [0.29, 0.717) is 13.1 Å². The molecule has 1 aliphatic heterocycles. The Morgan fingerprint density at radius 1 is 1.25 bits per heavy atom. The zero-order chi connectivity index (χ0) is 16.4. The van der Waals surface area contributed by atoms with Crippen LogP contribution in [0, 0.1) is 0 Å². The van der Waals surface area contributed by atoms with E-state index in [9.17, 15) is 4.79 Å². The monoisotopic (exact) mass is 358 g/mol. The minimum Gasteiger partial charge on any atom is -0.467 e. The van der Waals surface area contributed by atoms with Crippen LogP contribution in [-0.2, 0) is 17.8 Å². The van der Waals surface area contributed by atoms with Crippen molar-refractivity contribution in [3.05, 3.63) is 68.4 Å². The van der Waals surface area contributed by atoms with Gasteiger partial charge in [-0.2, -0.15) is 0 Å². The molecule has 0 spiro atoms. The number of carbonyl (C=O) groups excluding carboxylic acids is 1. The highest BCUT2D eigenvalue weighted by Crippen LogP contribution is 2.39. The molecule has 0 unspecified atom stereocenters. The summed E-state index contributed by atoms with van der Waals surface area (Å²) < 4.78 is 5.26. The van der Waals surface area contributed by atoms with Gasteiger partial charge >= 0.3 is 0 Å². The van der Waals surface area contributed by atoms with Crippen LogP contribution in [0.15, 0.2) is 51.8 Å². The molecule has 0 radical (unpaired) electrons. The van der Waals surface area contributed by atoms with Crippen LogP contribution in [0.5, 0.6) is 0 Å². The molecule has 4 rings (SSSR count). The number of nitrogens with one attached hydrogen (secondary N) is 1. The normalized spacial score (nSPS) is 17.6. The summed E-state index contributed by atoms with van der Waals surface area (Å²) in [6, 6.07) is 10.3. The Balaban J connectivity index is 1.48. The third kappa shape index (κ3) is 3.17. The van der Waals surface area contributed by atoms with Gasteiger partial charge in [0, 0.05) is 16.3 Å². The van der Waals surface area contributed by atoms with Gasteiger partial charge < -0.3 is 9.73 Å². The van der Waals surface area contributed by atoms with Crippen LogP contribution < -0.4 is 5.32 Å². The molecule has 24 heavy (non-hydrogen) atoms. The molecular formula is C18H18N2O2S2. The van der Waals surface area contributed by atoms with Gasteiger partial charge in [0.15, 0.2) is 0 Å². The summed E-state index contributed by atoms with van der Waals surface area (Å²) in [6.07, 6.45) is 2.64. The number of nitrogens with zero attached hydrogens (tertiary/aromatic N) is 1. The molecule has 3 aromatic heterocycles. The standard InChI is InChI=1S/C18H18N2O2S2/c21-17(19-11-13-3-1-8-22-13)12-20-7-5-15-14(6-10-24-15)18(20)16-4-2-9-23-16/h1-4,6,8-10,18H,5,7,11-12H2,(H,19,21)/t18-/m0/s1. The summed E-state index contributed by atoms with van der Waals surface area (Å²) in [5, 5.41) is 7.21. The van der Waals surface area contributed by atoms with Crippen molar-refractivity contribution in [1.82, 2.24) is 10.2 Å². The zero-order valence-corrected chi connectivity index (χ0v) is 14.7. The molecule has 6 heteroatoms. The number of amides is 1. The van der Waals surface area contributed by atoms with Gasteiger partial charge in [-0.25, -0.2) is 0 Å². The molecule has 1 amide bonds. The van der Waals surface area contributed by atoms with Gasteiger partial charge in [0.2, 0.25) is 5.91 Å². The van der Waals surface area contributed by atoms with E-state index in [0.717, 1.165) is 18.7 Å². The van der Waals surface area contributed by atoms with E-state index in [4.69, 9.17) is 4.42 Å². The van der Waals surface area contributed by atoms with Gasteiger partial charge in [0.05, 0.1) is 25.4 Å². The van der Waals surface area contributed by atoms with E-state index in [2.05, 4.69) is 39.2 Å². The van der Waals surface area contributed by atoms with Gasteiger partial charge in [-0.15, -0.1) is 22.7 Å². The number of carbonyl (C=O) groups is 1. The van der Waals surface area contributed by atoms with Crippen molar-refractivity contribution in [3.63, 3.8) is 0 Å². The lowest BCUT2D eigenvalue weighted by Gasteiger charge is -2.34. The topological polar surface area (TPSA) is 45.5 Å². The minimum absolute atomic E-state index is 0.0339. The summed E-state index contributed by atoms with van der Waals surface area (Å²) in [5.74, 6) is 0.809. The van der Waals surface area contributed by atoms with E-state index in [-0.39, 0.29) is 11.9 Å². The molecule has 1 aliphatic rings. The van der Waals surface area contributed by atoms with Gasteiger partial charge in [-0.05, 0) is 47.0 Å². The minimum atomic E-state index is 0.0339. The van der Waals surface area contributed by atoms with Crippen molar-refractivity contribution in [2.45, 2.75) is 19.0 Å². The van der Waals surface area contributed by atoms with Gasteiger partial charge in [0.1, 0.15) is 5.76 Å². The number of thiophene rings is 2. The maximum Gasteiger partial charge on any atom is 0.234 e. The zero-order valence-electron chi connectivity index (χ0n) is 13.1. The second-order valence-electron chi connectivity index (χ2n) is 5.79. The van der Waals surface area contributed by atoms with E-state index in [1.165, 1.54) is 15.3 Å². The van der Waals surface area contributed by atoms with E-state index in [1.54, 1.807) is 17.6 Å². The van der Waals surface area contributed by atoms with Gasteiger partial charge in [0.25, 0.3) is 0 Å². The van der Waals surface area contributed by atoms with Crippen molar-refractivity contribution >= 4 is 28.6 Å².